The highest BCUT2D eigenvalue weighted by Gasteiger charge is 2.19. The molecule has 0 aromatic heterocycles. The molecular formula is C12H17NO3. The van der Waals surface area contributed by atoms with Crippen LogP contribution < -0.4 is 14.8 Å². The summed E-state index contributed by atoms with van der Waals surface area (Å²) in [4.78, 5) is 0. The zero-order chi connectivity index (χ0) is 11.5. The van der Waals surface area contributed by atoms with Crippen molar-refractivity contribution < 1.29 is 14.6 Å². The van der Waals surface area contributed by atoms with E-state index < -0.39 is 6.10 Å². The molecule has 0 aliphatic carbocycles. The van der Waals surface area contributed by atoms with Crippen LogP contribution in [0, 0.1) is 0 Å². The van der Waals surface area contributed by atoms with Crippen molar-refractivity contribution in [3.8, 4) is 11.5 Å². The first-order valence-electron chi connectivity index (χ1n) is 5.53. The third-order valence-corrected chi connectivity index (χ3v) is 2.74. The fourth-order valence-corrected chi connectivity index (χ4v) is 1.82. The number of fused-ring (bicyclic) bond motifs is 1. The molecule has 0 radical (unpaired) electrons. The van der Waals surface area contributed by atoms with E-state index in [1.165, 1.54) is 0 Å². The smallest absolute Gasteiger partial charge is 0.231 e. The topological polar surface area (TPSA) is 50.7 Å². The zero-order valence-electron chi connectivity index (χ0n) is 9.56. The summed E-state index contributed by atoms with van der Waals surface area (Å²) in [5, 5.41) is 13.3. The number of nitrogens with one attached hydrogen (secondary N) is 1. The number of aliphatic hydroxyl groups excluding tert-OH is 1. The Balaban J connectivity index is 2.14. The molecule has 0 amide bonds. The maximum absolute atomic E-state index is 10.1. The van der Waals surface area contributed by atoms with E-state index in [-0.39, 0.29) is 12.8 Å². The Morgan fingerprint density at radius 1 is 1.38 bits per heavy atom. The summed E-state index contributed by atoms with van der Waals surface area (Å²) in [6.07, 6.45) is -0.533. The van der Waals surface area contributed by atoms with Crippen LogP contribution in [0.15, 0.2) is 18.2 Å². The highest BCUT2D eigenvalue weighted by atomic mass is 16.7. The van der Waals surface area contributed by atoms with Gasteiger partial charge in [-0.3, -0.25) is 0 Å². The predicted molar refractivity (Wildman–Crippen MR) is 60.7 cm³/mol. The largest absolute Gasteiger partial charge is 0.454 e. The van der Waals surface area contributed by atoms with Gasteiger partial charge in [0.25, 0.3) is 0 Å². The Morgan fingerprint density at radius 3 is 2.88 bits per heavy atom. The number of ether oxygens (including phenoxy) is 2. The molecule has 1 aliphatic rings. The highest BCUT2D eigenvalue weighted by molar-refractivity contribution is 5.45. The first-order chi connectivity index (χ1) is 7.72. The third-order valence-electron chi connectivity index (χ3n) is 2.74. The van der Waals surface area contributed by atoms with Crippen LogP contribution in [0.2, 0.25) is 0 Å². The van der Waals surface area contributed by atoms with Gasteiger partial charge < -0.3 is 19.9 Å². The van der Waals surface area contributed by atoms with Crippen LogP contribution in [0.4, 0.5) is 0 Å². The fraction of sp³-hybridized carbons (Fsp3) is 0.500. The maximum atomic E-state index is 10.1. The van der Waals surface area contributed by atoms with E-state index in [0.29, 0.717) is 5.75 Å². The predicted octanol–water partition coefficient (Wildman–Crippen LogP) is 1.45. The van der Waals surface area contributed by atoms with Crippen molar-refractivity contribution in [2.24, 2.45) is 0 Å². The Morgan fingerprint density at radius 2 is 2.12 bits per heavy atom. The van der Waals surface area contributed by atoms with E-state index in [2.05, 4.69) is 5.32 Å². The lowest BCUT2D eigenvalue weighted by molar-refractivity contribution is 0.136. The van der Waals surface area contributed by atoms with Gasteiger partial charge in [0.1, 0.15) is 0 Å². The van der Waals surface area contributed by atoms with Crippen LogP contribution in [-0.2, 0) is 0 Å². The zero-order valence-corrected chi connectivity index (χ0v) is 9.56. The quantitative estimate of drug-likeness (QED) is 0.811. The molecule has 0 saturated carbocycles. The van der Waals surface area contributed by atoms with Gasteiger partial charge in [-0.25, -0.2) is 0 Å². The van der Waals surface area contributed by atoms with Crippen molar-refractivity contribution in [2.75, 3.05) is 13.3 Å². The van der Waals surface area contributed by atoms with Gasteiger partial charge in [-0.15, -0.1) is 0 Å². The van der Waals surface area contributed by atoms with E-state index in [1.54, 1.807) is 0 Å². The average molecular weight is 223 g/mol. The summed E-state index contributed by atoms with van der Waals surface area (Å²) in [5.41, 5.74) is 0.845. The van der Waals surface area contributed by atoms with Crippen LogP contribution in [0.3, 0.4) is 0 Å². The van der Waals surface area contributed by atoms with Crippen molar-refractivity contribution in [1.82, 2.24) is 5.32 Å². The molecular weight excluding hydrogens is 206 g/mol. The van der Waals surface area contributed by atoms with Crippen molar-refractivity contribution in [3.63, 3.8) is 0 Å². The molecule has 16 heavy (non-hydrogen) atoms. The first-order valence-corrected chi connectivity index (χ1v) is 5.53. The number of hydrogen-bond donors (Lipinski definition) is 2. The van der Waals surface area contributed by atoms with E-state index in [0.717, 1.165) is 17.9 Å². The number of benzene rings is 1. The van der Waals surface area contributed by atoms with Crippen molar-refractivity contribution in [2.45, 2.75) is 26.0 Å². The monoisotopic (exact) mass is 223 g/mol. The Labute approximate surface area is 95.2 Å². The molecule has 4 heteroatoms. The number of likely N-dealkylation sites (N-methyl/N-ethyl adjacent to an activating group) is 1. The van der Waals surface area contributed by atoms with Gasteiger partial charge in [0.15, 0.2) is 11.5 Å². The molecule has 0 bridgehead atoms. The van der Waals surface area contributed by atoms with Gasteiger partial charge in [0.2, 0.25) is 6.79 Å². The minimum Gasteiger partial charge on any atom is -0.454 e. The van der Waals surface area contributed by atoms with Crippen molar-refractivity contribution in [1.29, 1.82) is 0 Å². The molecule has 0 fully saturated rings. The molecule has 1 aromatic rings. The molecule has 2 atom stereocenters. The van der Waals surface area contributed by atoms with Crippen LogP contribution in [0.1, 0.15) is 25.5 Å². The summed E-state index contributed by atoms with van der Waals surface area (Å²) in [7, 11) is 0. The second-order valence-corrected chi connectivity index (χ2v) is 3.90. The molecule has 1 aliphatic heterocycles. The van der Waals surface area contributed by atoms with Crippen LogP contribution in [-0.4, -0.2) is 24.5 Å². The highest BCUT2D eigenvalue weighted by Crippen LogP contribution is 2.34. The van der Waals surface area contributed by atoms with Gasteiger partial charge in [0.05, 0.1) is 6.10 Å². The Hall–Kier alpha value is -1.26. The third kappa shape index (κ3) is 2.13. The molecule has 4 nitrogen and oxygen atoms in total. The maximum Gasteiger partial charge on any atom is 0.231 e. The van der Waals surface area contributed by atoms with Crippen molar-refractivity contribution in [3.05, 3.63) is 23.8 Å². The summed E-state index contributed by atoms with van der Waals surface area (Å²) in [6.45, 7) is 5.07. The van der Waals surface area contributed by atoms with Gasteiger partial charge in [0, 0.05) is 6.04 Å². The van der Waals surface area contributed by atoms with Crippen molar-refractivity contribution >= 4 is 0 Å². The minimum atomic E-state index is -0.533. The molecule has 1 heterocycles. The van der Waals surface area contributed by atoms with Gasteiger partial charge in [-0.05, 0) is 31.2 Å². The van der Waals surface area contributed by atoms with E-state index >= 15 is 0 Å². The molecule has 1 aromatic carbocycles. The van der Waals surface area contributed by atoms with E-state index in [9.17, 15) is 5.11 Å². The van der Waals surface area contributed by atoms with E-state index in [4.69, 9.17) is 9.47 Å². The standard InChI is InChI=1S/C12H17NO3/c1-3-13-8(2)12(14)9-4-5-10-11(6-9)16-7-15-10/h4-6,8,12-14H,3,7H2,1-2H3. The minimum absolute atomic E-state index is 0.0189. The summed E-state index contributed by atoms with van der Waals surface area (Å²) in [5.74, 6) is 1.45. The van der Waals surface area contributed by atoms with E-state index in [1.807, 2.05) is 32.0 Å². The lowest BCUT2D eigenvalue weighted by atomic mass is 10.0. The Bertz CT molecular complexity index is 367. The van der Waals surface area contributed by atoms with Gasteiger partial charge in [-0.1, -0.05) is 13.0 Å². The molecule has 2 rings (SSSR count). The molecule has 88 valence electrons. The summed E-state index contributed by atoms with van der Waals surface area (Å²) >= 11 is 0. The Kier molecular flexibility index (Phi) is 3.31. The number of hydrogen-bond acceptors (Lipinski definition) is 4. The van der Waals surface area contributed by atoms with Crippen LogP contribution in [0.5, 0.6) is 11.5 Å². The SMILES string of the molecule is CCNC(C)C(O)c1ccc2c(c1)OCO2. The molecule has 0 saturated heterocycles. The second kappa shape index (κ2) is 4.72. The number of rotatable bonds is 4. The lowest BCUT2D eigenvalue weighted by Gasteiger charge is -2.20. The average Bonchev–Trinajstić information content (AvgIpc) is 2.75. The van der Waals surface area contributed by atoms with Gasteiger partial charge in [-0.2, -0.15) is 0 Å². The normalized spacial score (nSPS) is 17.2. The molecule has 2 N–H and O–H groups in total. The number of aliphatic hydroxyl groups is 1. The summed E-state index contributed by atoms with van der Waals surface area (Å²) < 4.78 is 10.5. The molecule has 0 spiro atoms. The van der Waals surface area contributed by atoms with Gasteiger partial charge >= 0.3 is 0 Å². The molecule has 2 unspecified atom stereocenters. The summed E-state index contributed by atoms with van der Waals surface area (Å²) in [6, 6.07) is 5.55. The lowest BCUT2D eigenvalue weighted by Crippen LogP contribution is -2.31. The fourth-order valence-electron chi connectivity index (χ4n) is 1.82. The van der Waals surface area contributed by atoms with Crippen LogP contribution in [0.25, 0.3) is 0 Å². The van der Waals surface area contributed by atoms with Crippen LogP contribution >= 0.6 is 0 Å². The first kappa shape index (κ1) is 11.2. The second-order valence-electron chi connectivity index (χ2n) is 3.90.